The van der Waals surface area contributed by atoms with Crippen LogP contribution >= 0.6 is 0 Å². The molecular formula is C26H28FN3O3S. The van der Waals surface area contributed by atoms with Crippen molar-refractivity contribution in [3.8, 4) is 0 Å². The van der Waals surface area contributed by atoms with E-state index in [0.29, 0.717) is 32.5 Å². The molecule has 2 aromatic carbocycles. The third-order valence-corrected chi connectivity index (χ3v) is 8.09. The molecule has 6 nitrogen and oxygen atoms in total. The van der Waals surface area contributed by atoms with E-state index in [-0.39, 0.29) is 17.3 Å². The second kappa shape index (κ2) is 10.4. The van der Waals surface area contributed by atoms with Crippen LogP contribution in [0.1, 0.15) is 29.5 Å². The van der Waals surface area contributed by atoms with Gasteiger partial charge in [-0.25, -0.2) is 12.8 Å². The lowest BCUT2D eigenvalue weighted by Crippen LogP contribution is -2.46. The molecule has 0 bridgehead atoms. The molecule has 1 amide bonds. The number of hydrogen-bond donors (Lipinski definition) is 0. The summed E-state index contributed by atoms with van der Waals surface area (Å²) in [5.41, 5.74) is 3.05. The van der Waals surface area contributed by atoms with Gasteiger partial charge in [0.25, 0.3) is 0 Å². The van der Waals surface area contributed by atoms with Gasteiger partial charge in [-0.2, -0.15) is 4.31 Å². The number of carbonyl (C=O) groups is 1. The molecule has 1 aromatic heterocycles. The van der Waals surface area contributed by atoms with Crippen LogP contribution in [0.4, 0.5) is 4.39 Å². The van der Waals surface area contributed by atoms with Crippen LogP contribution in [-0.4, -0.2) is 41.6 Å². The summed E-state index contributed by atoms with van der Waals surface area (Å²) in [6.07, 6.45) is 4.63. The van der Waals surface area contributed by atoms with Crippen LogP contribution in [0, 0.1) is 18.7 Å². The Bertz CT molecular complexity index is 1230. The molecule has 178 valence electrons. The van der Waals surface area contributed by atoms with Crippen molar-refractivity contribution in [2.45, 2.75) is 37.8 Å². The van der Waals surface area contributed by atoms with Crippen LogP contribution in [0.5, 0.6) is 0 Å². The average Bonchev–Trinajstić information content (AvgIpc) is 2.85. The van der Waals surface area contributed by atoms with Crippen LogP contribution in [0.25, 0.3) is 0 Å². The first-order valence-electron chi connectivity index (χ1n) is 11.3. The van der Waals surface area contributed by atoms with Gasteiger partial charge in [-0.15, -0.1) is 0 Å². The van der Waals surface area contributed by atoms with E-state index < -0.39 is 21.8 Å². The lowest BCUT2D eigenvalue weighted by molar-refractivity contribution is -0.138. The summed E-state index contributed by atoms with van der Waals surface area (Å²) in [7, 11) is -3.81. The van der Waals surface area contributed by atoms with E-state index in [1.807, 2.05) is 43.3 Å². The van der Waals surface area contributed by atoms with E-state index in [1.165, 1.54) is 16.4 Å². The highest BCUT2D eigenvalue weighted by Gasteiger charge is 2.35. The molecule has 0 spiro atoms. The number of carbonyl (C=O) groups excluding carboxylic acids is 1. The zero-order chi connectivity index (χ0) is 24.1. The predicted molar refractivity (Wildman–Crippen MR) is 128 cm³/mol. The van der Waals surface area contributed by atoms with Gasteiger partial charge in [0.05, 0.1) is 10.8 Å². The van der Waals surface area contributed by atoms with Crippen LogP contribution in [0.3, 0.4) is 0 Å². The second-order valence-corrected chi connectivity index (χ2v) is 10.6. The number of aryl methyl sites for hydroxylation is 1. The van der Waals surface area contributed by atoms with Crippen molar-refractivity contribution in [3.63, 3.8) is 0 Å². The molecule has 4 rings (SSSR count). The Balaban J connectivity index is 1.56. The molecule has 0 aliphatic carbocycles. The Morgan fingerprint density at radius 1 is 1.09 bits per heavy atom. The second-order valence-electron chi connectivity index (χ2n) is 8.64. The molecular weight excluding hydrogens is 453 g/mol. The van der Waals surface area contributed by atoms with Crippen LogP contribution in [0.15, 0.2) is 78.0 Å². The van der Waals surface area contributed by atoms with E-state index in [1.54, 1.807) is 17.3 Å². The van der Waals surface area contributed by atoms with Gasteiger partial charge in [-0.1, -0.05) is 30.3 Å². The third-order valence-electron chi connectivity index (χ3n) is 6.22. The minimum absolute atomic E-state index is 0.0362. The standard InChI is InChI=1S/C26H28FN3O3S/c1-20-6-2-3-8-22(20)18-29(17-21-7-4-14-28-16-21)26(31)23-9-5-15-30(19-23)34(32,33)25-12-10-24(27)11-13-25/h2-4,6-8,10-14,16,23H,5,9,15,17-19H2,1H3. The van der Waals surface area contributed by atoms with Crippen molar-refractivity contribution in [3.05, 3.63) is 95.6 Å². The zero-order valence-electron chi connectivity index (χ0n) is 19.1. The number of rotatable bonds is 7. The van der Waals surface area contributed by atoms with Crippen molar-refractivity contribution in [1.82, 2.24) is 14.2 Å². The smallest absolute Gasteiger partial charge is 0.243 e. The normalized spacial score (nSPS) is 16.8. The van der Waals surface area contributed by atoms with E-state index in [2.05, 4.69) is 4.98 Å². The summed E-state index contributed by atoms with van der Waals surface area (Å²) >= 11 is 0. The van der Waals surface area contributed by atoms with Gasteiger partial charge in [0.15, 0.2) is 0 Å². The van der Waals surface area contributed by atoms with Crippen LogP contribution < -0.4 is 0 Å². The molecule has 0 saturated carbocycles. The van der Waals surface area contributed by atoms with Crippen molar-refractivity contribution >= 4 is 15.9 Å². The Labute approximate surface area is 200 Å². The number of amides is 1. The van der Waals surface area contributed by atoms with E-state index in [0.717, 1.165) is 28.8 Å². The zero-order valence-corrected chi connectivity index (χ0v) is 19.9. The van der Waals surface area contributed by atoms with Gasteiger partial charge in [-0.05, 0) is 66.8 Å². The van der Waals surface area contributed by atoms with Gasteiger partial charge < -0.3 is 4.90 Å². The predicted octanol–water partition coefficient (Wildman–Crippen LogP) is 4.16. The highest BCUT2D eigenvalue weighted by molar-refractivity contribution is 7.89. The lowest BCUT2D eigenvalue weighted by Gasteiger charge is -2.34. The van der Waals surface area contributed by atoms with Crippen LogP contribution in [0.2, 0.25) is 0 Å². The molecule has 1 saturated heterocycles. The molecule has 1 unspecified atom stereocenters. The number of benzene rings is 2. The van der Waals surface area contributed by atoms with E-state index in [9.17, 15) is 17.6 Å². The van der Waals surface area contributed by atoms with Gasteiger partial charge in [0, 0.05) is 38.6 Å². The quantitative estimate of drug-likeness (QED) is 0.508. The Kier molecular flexibility index (Phi) is 7.38. The Hall–Kier alpha value is -3.10. The maximum absolute atomic E-state index is 13.7. The van der Waals surface area contributed by atoms with Crippen LogP contribution in [-0.2, 0) is 27.9 Å². The molecule has 2 heterocycles. The van der Waals surface area contributed by atoms with Gasteiger partial charge in [0.1, 0.15) is 5.82 Å². The topological polar surface area (TPSA) is 70.6 Å². The molecule has 34 heavy (non-hydrogen) atoms. The van der Waals surface area contributed by atoms with Gasteiger partial charge >= 0.3 is 0 Å². The SMILES string of the molecule is Cc1ccccc1CN(Cc1cccnc1)C(=O)C1CCCN(S(=O)(=O)c2ccc(F)cc2)C1. The minimum atomic E-state index is -3.81. The summed E-state index contributed by atoms with van der Waals surface area (Å²) in [5.74, 6) is -1.02. The maximum atomic E-state index is 13.7. The maximum Gasteiger partial charge on any atom is 0.243 e. The van der Waals surface area contributed by atoms with Crippen molar-refractivity contribution in [2.75, 3.05) is 13.1 Å². The number of pyridine rings is 1. The summed E-state index contributed by atoms with van der Waals surface area (Å²) in [5, 5.41) is 0. The highest BCUT2D eigenvalue weighted by atomic mass is 32.2. The fraction of sp³-hybridized carbons (Fsp3) is 0.308. The minimum Gasteiger partial charge on any atom is -0.334 e. The molecule has 1 fully saturated rings. The lowest BCUT2D eigenvalue weighted by atomic mass is 9.97. The largest absolute Gasteiger partial charge is 0.334 e. The summed E-state index contributed by atoms with van der Waals surface area (Å²) in [6, 6.07) is 16.5. The molecule has 0 N–H and O–H groups in total. The summed E-state index contributed by atoms with van der Waals surface area (Å²) in [6.45, 7) is 3.28. The van der Waals surface area contributed by atoms with Crippen molar-refractivity contribution < 1.29 is 17.6 Å². The number of sulfonamides is 1. The number of hydrogen-bond acceptors (Lipinski definition) is 4. The Morgan fingerprint density at radius 2 is 1.85 bits per heavy atom. The summed E-state index contributed by atoms with van der Waals surface area (Å²) < 4.78 is 40.9. The highest BCUT2D eigenvalue weighted by Crippen LogP contribution is 2.26. The monoisotopic (exact) mass is 481 g/mol. The van der Waals surface area contributed by atoms with Gasteiger partial charge in [-0.3, -0.25) is 9.78 Å². The molecule has 1 aliphatic rings. The number of piperidine rings is 1. The summed E-state index contributed by atoms with van der Waals surface area (Å²) in [4.78, 5) is 19.7. The fourth-order valence-electron chi connectivity index (χ4n) is 4.29. The fourth-order valence-corrected chi connectivity index (χ4v) is 5.82. The van der Waals surface area contributed by atoms with E-state index in [4.69, 9.17) is 0 Å². The first-order chi connectivity index (χ1) is 16.3. The Morgan fingerprint density at radius 3 is 2.56 bits per heavy atom. The first kappa shape index (κ1) is 24.0. The molecule has 1 atom stereocenters. The molecule has 1 aliphatic heterocycles. The first-order valence-corrected chi connectivity index (χ1v) is 12.8. The molecule has 8 heteroatoms. The number of nitrogens with zero attached hydrogens (tertiary/aromatic N) is 3. The molecule has 0 radical (unpaired) electrons. The molecule has 3 aromatic rings. The van der Waals surface area contributed by atoms with Gasteiger partial charge in [0.2, 0.25) is 15.9 Å². The number of aromatic nitrogens is 1. The van der Waals surface area contributed by atoms with Crippen molar-refractivity contribution in [1.29, 1.82) is 0 Å². The average molecular weight is 482 g/mol. The third kappa shape index (κ3) is 5.51. The van der Waals surface area contributed by atoms with E-state index >= 15 is 0 Å². The van der Waals surface area contributed by atoms with Crippen molar-refractivity contribution in [2.24, 2.45) is 5.92 Å². The number of halogens is 1.